The van der Waals surface area contributed by atoms with E-state index in [1.54, 1.807) is 6.07 Å². The Morgan fingerprint density at radius 3 is 2.24 bits per heavy atom. The van der Waals surface area contributed by atoms with Gasteiger partial charge < -0.3 is 0 Å². The Morgan fingerprint density at radius 2 is 1.65 bits per heavy atom. The molecule has 0 aliphatic rings. The third-order valence-corrected chi connectivity index (χ3v) is 3.21. The molecule has 86 valence electrons. The second-order valence-corrected chi connectivity index (χ2v) is 4.81. The van der Waals surface area contributed by atoms with E-state index in [0.717, 1.165) is 11.1 Å². The van der Waals surface area contributed by atoms with Gasteiger partial charge in [0.15, 0.2) is 0 Å². The third kappa shape index (κ3) is 3.01. The van der Waals surface area contributed by atoms with Gasteiger partial charge in [-0.1, -0.05) is 36.4 Å². The maximum Gasteiger partial charge on any atom is 0.316 e. The molecular weight excluding hydrogens is 302 g/mol. The van der Waals surface area contributed by atoms with Gasteiger partial charge >= 0.3 is 10.5 Å². The number of halogens is 1. The minimum Gasteiger partial charge on any atom is -0.163 e. The molecule has 0 radical (unpaired) electrons. The lowest BCUT2D eigenvalue weighted by molar-refractivity contribution is 0.622. The highest BCUT2D eigenvalue weighted by atomic mass is 79.9. The predicted octanol–water partition coefficient (Wildman–Crippen LogP) is 3.81. The zero-order valence-electron chi connectivity index (χ0n) is 8.67. The first-order valence-electron chi connectivity index (χ1n) is 4.83. The van der Waals surface area contributed by atoms with E-state index < -0.39 is 10.5 Å². The summed E-state index contributed by atoms with van der Waals surface area (Å²) in [5.74, 6) is 0. The van der Waals surface area contributed by atoms with Crippen LogP contribution in [0.15, 0.2) is 57.4 Å². The smallest absolute Gasteiger partial charge is 0.163 e. The maximum atomic E-state index is 10.5. The van der Waals surface area contributed by atoms with Crippen molar-refractivity contribution < 1.29 is 8.42 Å². The van der Waals surface area contributed by atoms with Crippen LogP contribution in [-0.2, 0) is 10.5 Å². The van der Waals surface area contributed by atoms with Gasteiger partial charge in [0.05, 0.1) is 5.69 Å². The second-order valence-electron chi connectivity index (χ2n) is 3.34. The van der Waals surface area contributed by atoms with Crippen molar-refractivity contribution in [2.24, 2.45) is 4.36 Å². The lowest BCUT2D eigenvalue weighted by Crippen LogP contribution is -1.77. The van der Waals surface area contributed by atoms with Gasteiger partial charge in [-0.25, -0.2) is 0 Å². The topological polar surface area (TPSA) is 46.5 Å². The molecule has 0 saturated carbocycles. The summed E-state index contributed by atoms with van der Waals surface area (Å²) >= 11 is 3.31. The first-order chi connectivity index (χ1) is 8.16. The van der Waals surface area contributed by atoms with E-state index in [2.05, 4.69) is 20.3 Å². The molecule has 0 amide bonds. The van der Waals surface area contributed by atoms with Crippen molar-refractivity contribution in [2.75, 3.05) is 0 Å². The maximum absolute atomic E-state index is 10.5. The van der Waals surface area contributed by atoms with E-state index in [1.807, 2.05) is 42.5 Å². The largest absolute Gasteiger partial charge is 0.316 e. The van der Waals surface area contributed by atoms with Crippen LogP contribution < -0.4 is 0 Å². The Bertz CT molecular complexity index is 658. The lowest BCUT2D eigenvalue weighted by atomic mass is 10.1. The van der Waals surface area contributed by atoms with Crippen LogP contribution >= 0.6 is 15.9 Å². The fraction of sp³-hybridized carbons (Fsp3) is 0. The van der Waals surface area contributed by atoms with Crippen molar-refractivity contribution in [3.05, 3.63) is 53.0 Å². The molecule has 0 unspecified atom stereocenters. The van der Waals surface area contributed by atoms with Gasteiger partial charge in [-0.2, -0.15) is 8.42 Å². The van der Waals surface area contributed by atoms with Gasteiger partial charge in [0, 0.05) is 4.47 Å². The molecular formula is C12H8BrNO2S. The third-order valence-electron chi connectivity index (χ3n) is 2.23. The van der Waals surface area contributed by atoms with Crippen molar-refractivity contribution in [1.29, 1.82) is 0 Å². The molecule has 0 fully saturated rings. The first kappa shape index (κ1) is 12.0. The SMILES string of the molecule is O=S(=O)=Nc1ccc(-c2ccccc2)cc1Br. The van der Waals surface area contributed by atoms with Crippen LogP contribution in [0.1, 0.15) is 0 Å². The quantitative estimate of drug-likeness (QED) is 0.847. The Labute approximate surface area is 109 Å². The van der Waals surface area contributed by atoms with E-state index in [9.17, 15) is 8.42 Å². The highest BCUT2D eigenvalue weighted by Crippen LogP contribution is 2.30. The summed E-state index contributed by atoms with van der Waals surface area (Å²) in [5.41, 5.74) is 2.48. The molecule has 0 aromatic heterocycles. The van der Waals surface area contributed by atoms with Crippen LogP contribution in [-0.4, -0.2) is 8.42 Å². The van der Waals surface area contributed by atoms with Crippen molar-refractivity contribution >= 4 is 32.1 Å². The zero-order chi connectivity index (χ0) is 12.3. The average Bonchev–Trinajstić information content (AvgIpc) is 2.32. The number of hydrogen-bond acceptors (Lipinski definition) is 3. The van der Waals surface area contributed by atoms with Gasteiger partial charge in [0.1, 0.15) is 0 Å². The summed E-state index contributed by atoms with van der Waals surface area (Å²) in [5, 5.41) is 0. The lowest BCUT2D eigenvalue weighted by Gasteiger charge is -2.03. The summed E-state index contributed by atoms with van der Waals surface area (Å²) in [6.45, 7) is 0. The summed E-state index contributed by atoms with van der Waals surface area (Å²) in [7, 11) is -2.43. The molecule has 3 nitrogen and oxygen atoms in total. The second kappa shape index (κ2) is 5.25. The van der Waals surface area contributed by atoms with Crippen LogP contribution in [0.2, 0.25) is 0 Å². The summed E-state index contributed by atoms with van der Waals surface area (Å²) in [6.07, 6.45) is 0. The Balaban J connectivity index is 2.48. The van der Waals surface area contributed by atoms with E-state index in [-0.39, 0.29) is 0 Å². The molecule has 0 bridgehead atoms. The van der Waals surface area contributed by atoms with Gasteiger partial charge in [0.2, 0.25) is 0 Å². The Morgan fingerprint density at radius 1 is 0.941 bits per heavy atom. The van der Waals surface area contributed by atoms with Crippen LogP contribution in [0, 0.1) is 0 Å². The average molecular weight is 310 g/mol. The molecule has 0 aliphatic carbocycles. The van der Waals surface area contributed by atoms with Crippen LogP contribution in [0.4, 0.5) is 5.69 Å². The number of benzene rings is 2. The fourth-order valence-electron chi connectivity index (χ4n) is 1.47. The zero-order valence-corrected chi connectivity index (χ0v) is 11.1. The molecule has 17 heavy (non-hydrogen) atoms. The van der Waals surface area contributed by atoms with Gasteiger partial charge in [0.25, 0.3) is 0 Å². The van der Waals surface area contributed by atoms with E-state index in [0.29, 0.717) is 10.2 Å². The molecule has 0 atom stereocenters. The summed E-state index contributed by atoms with van der Waals surface area (Å²) in [4.78, 5) is 0. The van der Waals surface area contributed by atoms with Crippen molar-refractivity contribution in [3.63, 3.8) is 0 Å². The summed E-state index contributed by atoms with van der Waals surface area (Å²) in [6, 6.07) is 15.2. The van der Waals surface area contributed by atoms with E-state index >= 15 is 0 Å². The number of nitrogens with zero attached hydrogens (tertiary/aromatic N) is 1. The van der Waals surface area contributed by atoms with E-state index in [1.165, 1.54) is 0 Å². The standard InChI is InChI=1S/C12H8BrNO2S/c13-11-8-10(9-4-2-1-3-5-9)6-7-12(11)14-17(15)16/h1-8H. The molecule has 2 aromatic carbocycles. The number of hydrogen-bond donors (Lipinski definition) is 0. The molecule has 2 aromatic rings. The molecule has 0 aliphatic heterocycles. The normalized spacial score (nSPS) is 9.94. The molecule has 0 saturated heterocycles. The minimum atomic E-state index is -2.43. The van der Waals surface area contributed by atoms with Crippen LogP contribution in [0.3, 0.4) is 0 Å². The van der Waals surface area contributed by atoms with Crippen molar-refractivity contribution in [1.82, 2.24) is 0 Å². The van der Waals surface area contributed by atoms with Crippen LogP contribution in [0.25, 0.3) is 11.1 Å². The monoisotopic (exact) mass is 309 g/mol. The fourth-order valence-corrected chi connectivity index (χ4v) is 2.38. The molecule has 5 heteroatoms. The highest BCUT2D eigenvalue weighted by molar-refractivity contribution is 9.10. The van der Waals surface area contributed by atoms with E-state index in [4.69, 9.17) is 0 Å². The van der Waals surface area contributed by atoms with Crippen molar-refractivity contribution in [2.45, 2.75) is 0 Å². The van der Waals surface area contributed by atoms with Crippen molar-refractivity contribution in [3.8, 4) is 11.1 Å². The van der Waals surface area contributed by atoms with Crippen LogP contribution in [0.5, 0.6) is 0 Å². The minimum absolute atomic E-state index is 0.401. The Hall–Kier alpha value is -1.46. The predicted molar refractivity (Wildman–Crippen MR) is 70.6 cm³/mol. The van der Waals surface area contributed by atoms with Gasteiger partial charge in [-0.05, 0) is 39.2 Å². The number of rotatable bonds is 2. The molecule has 0 spiro atoms. The highest BCUT2D eigenvalue weighted by Gasteiger charge is 2.02. The van der Waals surface area contributed by atoms with Gasteiger partial charge in [-0.15, -0.1) is 4.36 Å². The molecule has 0 heterocycles. The molecule has 2 rings (SSSR count). The Kier molecular flexibility index (Phi) is 3.71. The molecule has 0 N–H and O–H groups in total. The van der Waals surface area contributed by atoms with Gasteiger partial charge in [-0.3, -0.25) is 0 Å². The summed E-state index contributed by atoms with van der Waals surface area (Å²) < 4.78 is 25.1. The first-order valence-corrected chi connectivity index (χ1v) is 6.65.